The third kappa shape index (κ3) is 3.95. The van der Waals surface area contributed by atoms with Gasteiger partial charge in [0, 0.05) is 35.9 Å². The maximum Gasteiger partial charge on any atom is 0.255 e. The summed E-state index contributed by atoms with van der Waals surface area (Å²) in [6.07, 6.45) is 0.0342. The number of nitrogens with zero attached hydrogens (tertiary/aromatic N) is 1. The third-order valence-corrected chi connectivity index (χ3v) is 9.22. The minimum atomic E-state index is -2.87. The molecule has 1 aliphatic heterocycles. The lowest BCUT2D eigenvalue weighted by Gasteiger charge is -2.48. The van der Waals surface area contributed by atoms with E-state index in [9.17, 15) is 39.9 Å². The Kier molecular flexibility index (Phi) is 6.64. The number of nitrogens with two attached hydrogens (primary N) is 1. The second-order valence-electron chi connectivity index (χ2n) is 11.5. The number of aliphatic hydroxyl groups excluding tert-OH is 3. The topological polar surface area (TPSA) is 191 Å². The standard InChI is InChI=1S/C31H32N2O9/c1-42-22-7-4-14(13-33-8-2-3-9-33)10-16(22)15-5-6-20(34)23-17(15)11-18-24(27(23)37)28(38)31(41)19(26(18)36)12-21(35)25(29(31)39)30(32)40/h4-7,10,18-19,26,34,36-37,39,41H,2-3,8-9,11-13H2,1H3,(H2,32,40)/t18-,19-,26+,31+/m1/s1. The number of rotatable bonds is 5. The molecule has 42 heavy (non-hydrogen) atoms. The van der Waals surface area contributed by atoms with E-state index >= 15 is 0 Å². The number of benzene rings is 2. The normalized spacial score (nSPS) is 27.5. The van der Waals surface area contributed by atoms with Crippen molar-refractivity contribution in [3.05, 3.63) is 63.9 Å². The van der Waals surface area contributed by atoms with Crippen molar-refractivity contribution >= 4 is 23.2 Å². The van der Waals surface area contributed by atoms with Crippen molar-refractivity contribution < 1.29 is 44.7 Å². The minimum Gasteiger partial charge on any atom is -0.508 e. The van der Waals surface area contributed by atoms with Crippen molar-refractivity contribution in [3.8, 4) is 22.6 Å². The van der Waals surface area contributed by atoms with Crippen LogP contribution in [0.2, 0.25) is 0 Å². The Balaban J connectivity index is 1.51. The second kappa shape index (κ2) is 9.97. The van der Waals surface area contributed by atoms with Crippen LogP contribution in [0.5, 0.6) is 11.5 Å². The molecule has 1 heterocycles. The second-order valence-corrected chi connectivity index (χ2v) is 11.5. The lowest BCUT2D eigenvalue weighted by molar-refractivity contribution is -0.159. The summed E-state index contributed by atoms with van der Waals surface area (Å²) in [5.41, 5.74) is 3.75. The van der Waals surface area contributed by atoms with Crippen LogP contribution >= 0.6 is 0 Å². The Morgan fingerprint density at radius 3 is 2.45 bits per heavy atom. The highest BCUT2D eigenvalue weighted by Gasteiger charge is 2.64. The van der Waals surface area contributed by atoms with Crippen LogP contribution in [0.25, 0.3) is 16.9 Å². The van der Waals surface area contributed by atoms with E-state index in [1.54, 1.807) is 6.07 Å². The average molecular weight is 577 g/mol. The Hall–Kier alpha value is -4.19. The Bertz CT molecular complexity index is 1600. The number of Topliss-reactive ketones (excluding diaryl/α,β-unsaturated/α-hetero) is 2. The first kappa shape index (κ1) is 28.0. The number of carbonyl (C=O) groups is 3. The number of hydrogen-bond donors (Lipinski definition) is 6. The number of aliphatic hydroxyl groups is 4. The summed E-state index contributed by atoms with van der Waals surface area (Å²) in [5, 5.41) is 56.0. The molecule has 4 aliphatic rings. The quantitative estimate of drug-likeness (QED) is 0.285. The zero-order valence-electron chi connectivity index (χ0n) is 23.0. The van der Waals surface area contributed by atoms with Crippen LogP contribution < -0.4 is 10.5 Å². The van der Waals surface area contributed by atoms with Gasteiger partial charge in [-0.15, -0.1) is 0 Å². The molecule has 0 radical (unpaired) electrons. The first-order chi connectivity index (χ1) is 20.0. The van der Waals surface area contributed by atoms with Gasteiger partial charge < -0.3 is 36.0 Å². The van der Waals surface area contributed by atoms with Crippen LogP contribution in [0.1, 0.15) is 36.0 Å². The van der Waals surface area contributed by atoms with E-state index < -0.39 is 70.1 Å². The molecular weight excluding hydrogens is 544 g/mol. The lowest BCUT2D eigenvalue weighted by atomic mass is 9.57. The number of primary amides is 1. The van der Waals surface area contributed by atoms with Gasteiger partial charge in [-0.05, 0) is 67.2 Å². The van der Waals surface area contributed by atoms with E-state index in [0.717, 1.165) is 38.0 Å². The molecule has 1 saturated heterocycles. The summed E-state index contributed by atoms with van der Waals surface area (Å²) in [5.74, 6) is -7.72. The maximum absolute atomic E-state index is 13.8. The van der Waals surface area contributed by atoms with E-state index in [4.69, 9.17) is 10.5 Å². The van der Waals surface area contributed by atoms with Gasteiger partial charge in [0.15, 0.2) is 11.4 Å². The molecule has 1 saturated carbocycles. The molecule has 7 N–H and O–H groups in total. The van der Waals surface area contributed by atoms with Crippen LogP contribution in [0.15, 0.2) is 47.2 Å². The summed E-state index contributed by atoms with van der Waals surface area (Å²) in [4.78, 5) is 40.7. The van der Waals surface area contributed by atoms with Crippen molar-refractivity contribution in [2.75, 3.05) is 20.2 Å². The number of fused-ring (bicyclic) bond motifs is 3. The molecule has 2 aromatic rings. The number of ketones is 2. The highest BCUT2D eigenvalue weighted by Crippen LogP contribution is 2.53. The number of ether oxygens (including phenoxy) is 1. The highest BCUT2D eigenvalue weighted by molar-refractivity contribution is 6.23. The Labute approximate surface area is 241 Å². The lowest BCUT2D eigenvalue weighted by Crippen LogP contribution is -2.63. The molecule has 11 nitrogen and oxygen atoms in total. The summed E-state index contributed by atoms with van der Waals surface area (Å²) in [7, 11) is 1.53. The molecule has 4 atom stereocenters. The first-order valence-corrected chi connectivity index (χ1v) is 13.9. The fourth-order valence-electron chi connectivity index (χ4n) is 7.16. The molecule has 6 rings (SSSR count). The molecule has 2 fully saturated rings. The van der Waals surface area contributed by atoms with Gasteiger partial charge in [0.05, 0.1) is 18.8 Å². The van der Waals surface area contributed by atoms with Gasteiger partial charge in [-0.1, -0.05) is 12.1 Å². The van der Waals surface area contributed by atoms with Gasteiger partial charge in [0.25, 0.3) is 5.91 Å². The fraction of sp³-hybridized carbons (Fsp3) is 0.387. The fourth-order valence-corrected chi connectivity index (χ4v) is 7.16. The van der Waals surface area contributed by atoms with E-state index in [-0.39, 0.29) is 17.7 Å². The monoisotopic (exact) mass is 576 g/mol. The molecule has 1 amide bonds. The highest BCUT2D eigenvalue weighted by atomic mass is 16.5. The van der Waals surface area contributed by atoms with Crippen molar-refractivity contribution in [3.63, 3.8) is 0 Å². The van der Waals surface area contributed by atoms with Gasteiger partial charge in [-0.25, -0.2) is 0 Å². The van der Waals surface area contributed by atoms with Gasteiger partial charge in [-0.3, -0.25) is 19.3 Å². The molecule has 0 unspecified atom stereocenters. The van der Waals surface area contributed by atoms with Gasteiger partial charge in [-0.2, -0.15) is 0 Å². The number of amides is 1. The van der Waals surface area contributed by atoms with Crippen LogP contribution in [-0.2, 0) is 27.3 Å². The number of carbonyl (C=O) groups excluding carboxylic acids is 3. The Morgan fingerprint density at radius 2 is 1.79 bits per heavy atom. The largest absolute Gasteiger partial charge is 0.508 e. The molecule has 3 aliphatic carbocycles. The SMILES string of the molecule is COc1ccc(CN2CCCC2)cc1-c1ccc(O)c2c1C[C@@H]1C(=C2O)C(=O)[C@]2(O)C(O)=C(C(N)=O)C(=O)C[C@@H]2[C@H]1O. The van der Waals surface area contributed by atoms with Crippen molar-refractivity contribution in [2.45, 2.75) is 43.9 Å². The van der Waals surface area contributed by atoms with Crippen molar-refractivity contribution in [1.29, 1.82) is 0 Å². The minimum absolute atomic E-state index is 0.0429. The van der Waals surface area contributed by atoms with E-state index in [0.29, 0.717) is 22.4 Å². The third-order valence-electron chi connectivity index (χ3n) is 9.22. The van der Waals surface area contributed by atoms with E-state index in [2.05, 4.69) is 4.90 Å². The molecule has 2 aromatic carbocycles. The number of methoxy groups -OCH3 is 1. The van der Waals surface area contributed by atoms with Crippen LogP contribution in [0.4, 0.5) is 0 Å². The Morgan fingerprint density at radius 1 is 1.07 bits per heavy atom. The zero-order valence-corrected chi connectivity index (χ0v) is 23.0. The number of likely N-dealkylation sites (tertiary alicyclic amines) is 1. The van der Waals surface area contributed by atoms with Crippen LogP contribution in [0.3, 0.4) is 0 Å². The van der Waals surface area contributed by atoms with Crippen molar-refractivity contribution in [1.82, 2.24) is 4.90 Å². The number of phenolic OH excluding ortho intramolecular Hbond substituents is 1. The number of hydrogen-bond acceptors (Lipinski definition) is 10. The maximum atomic E-state index is 13.8. The van der Waals surface area contributed by atoms with E-state index in [1.165, 1.54) is 13.2 Å². The molecule has 11 heteroatoms. The first-order valence-electron chi connectivity index (χ1n) is 13.9. The van der Waals surface area contributed by atoms with Crippen LogP contribution in [0, 0.1) is 11.8 Å². The van der Waals surface area contributed by atoms with Gasteiger partial charge >= 0.3 is 0 Å². The summed E-state index contributed by atoms with van der Waals surface area (Å²) in [6.45, 7) is 2.75. The average Bonchev–Trinajstić information content (AvgIpc) is 3.46. The van der Waals surface area contributed by atoms with Crippen LogP contribution in [-0.4, -0.2) is 79.8 Å². The zero-order chi connectivity index (χ0) is 30.1. The smallest absolute Gasteiger partial charge is 0.255 e. The molecule has 0 bridgehead atoms. The predicted octanol–water partition coefficient (Wildman–Crippen LogP) is 1.67. The van der Waals surface area contributed by atoms with E-state index in [1.807, 2.05) is 18.2 Å². The molecule has 0 aromatic heterocycles. The van der Waals surface area contributed by atoms with Crippen molar-refractivity contribution in [2.24, 2.45) is 17.6 Å². The number of phenols is 1. The molecule has 0 spiro atoms. The molecule has 220 valence electrons. The molecular formula is C31H32N2O9. The predicted molar refractivity (Wildman–Crippen MR) is 149 cm³/mol. The van der Waals surface area contributed by atoms with Gasteiger partial charge in [0.2, 0.25) is 5.78 Å². The number of aromatic hydroxyl groups is 1. The summed E-state index contributed by atoms with van der Waals surface area (Å²) in [6, 6.07) is 8.86. The summed E-state index contributed by atoms with van der Waals surface area (Å²) < 4.78 is 5.66. The summed E-state index contributed by atoms with van der Waals surface area (Å²) >= 11 is 0. The van der Waals surface area contributed by atoms with Gasteiger partial charge in [0.1, 0.15) is 28.6 Å².